The zero-order valence-corrected chi connectivity index (χ0v) is 12.5. The monoisotopic (exact) mass is 260 g/mol. The number of fused-ring (bicyclic) bond motifs is 1. The molecule has 2 aromatic heterocycles. The minimum absolute atomic E-state index is 0.430. The molecule has 19 heavy (non-hydrogen) atoms. The highest BCUT2D eigenvalue weighted by atomic mass is 15.2. The summed E-state index contributed by atoms with van der Waals surface area (Å²) in [5.74, 6) is 1.95. The molecule has 0 saturated carbocycles. The second-order valence-corrected chi connectivity index (χ2v) is 5.73. The number of aromatic nitrogens is 3. The molecule has 2 heterocycles. The topological polar surface area (TPSA) is 42.2 Å². The van der Waals surface area contributed by atoms with Crippen molar-refractivity contribution in [3.8, 4) is 0 Å². The maximum atomic E-state index is 4.59. The summed E-state index contributed by atoms with van der Waals surface area (Å²) >= 11 is 0. The van der Waals surface area contributed by atoms with Gasteiger partial charge in [-0.25, -0.2) is 9.50 Å². The summed E-state index contributed by atoms with van der Waals surface area (Å²) < 4.78 is 1.91. The first-order valence-corrected chi connectivity index (χ1v) is 7.13. The van der Waals surface area contributed by atoms with Crippen LogP contribution >= 0.6 is 0 Å². The quantitative estimate of drug-likeness (QED) is 0.891. The van der Waals surface area contributed by atoms with Gasteiger partial charge in [0.25, 0.3) is 0 Å². The van der Waals surface area contributed by atoms with Gasteiger partial charge >= 0.3 is 0 Å². The Balaban J connectivity index is 2.37. The molecular weight excluding hydrogens is 236 g/mol. The highest BCUT2D eigenvalue weighted by molar-refractivity contribution is 5.68. The number of rotatable bonds is 5. The van der Waals surface area contributed by atoms with E-state index in [0.717, 1.165) is 23.4 Å². The molecule has 0 aliphatic heterocycles. The van der Waals surface area contributed by atoms with Gasteiger partial charge in [0.1, 0.15) is 5.52 Å². The zero-order valence-electron chi connectivity index (χ0n) is 12.5. The Bertz CT molecular complexity index is 542. The van der Waals surface area contributed by atoms with E-state index in [1.54, 1.807) is 6.20 Å². The first-order valence-electron chi connectivity index (χ1n) is 7.13. The van der Waals surface area contributed by atoms with E-state index in [4.69, 9.17) is 0 Å². The highest BCUT2D eigenvalue weighted by Gasteiger charge is 2.15. The third-order valence-corrected chi connectivity index (χ3v) is 3.57. The van der Waals surface area contributed by atoms with Crippen molar-refractivity contribution in [2.45, 2.75) is 53.0 Å². The summed E-state index contributed by atoms with van der Waals surface area (Å²) in [6, 6.07) is 2.57. The molecule has 0 aliphatic carbocycles. The average Bonchev–Trinajstić information content (AvgIpc) is 2.80. The second kappa shape index (κ2) is 5.59. The predicted octanol–water partition coefficient (Wildman–Crippen LogP) is 3.70. The molecule has 0 radical (unpaired) electrons. The number of hydrogen-bond acceptors (Lipinski definition) is 3. The zero-order chi connectivity index (χ0) is 14.0. The van der Waals surface area contributed by atoms with Gasteiger partial charge in [-0.1, -0.05) is 34.6 Å². The van der Waals surface area contributed by atoms with Crippen LogP contribution in [0.25, 0.3) is 5.52 Å². The molecule has 1 unspecified atom stereocenters. The number of nitrogens with one attached hydrogen (secondary N) is 1. The lowest BCUT2D eigenvalue weighted by Gasteiger charge is -2.21. The molecule has 1 atom stereocenters. The van der Waals surface area contributed by atoms with E-state index >= 15 is 0 Å². The largest absolute Gasteiger partial charge is 0.365 e. The van der Waals surface area contributed by atoms with Crippen LogP contribution in [0.2, 0.25) is 0 Å². The van der Waals surface area contributed by atoms with Crippen LogP contribution in [0, 0.1) is 5.92 Å². The molecular formula is C15H24N4. The summed E-state index contributed by atoms with van der Waals surface area (Å²) in [5.41, 5.74) is 2.17. The van der Waals surface area contributed by atoms with Crippen molar-refractivity contribution in [2.75, 3.05) is 5.32 Å². The molecule has 0 spiro atoms. The maximum Gasteiger partial charge on any atom is 0.152 e. The van der Waals surface area contributed by atoms with E-state index in [1.807, 2.05) is 10.7 Å². The van der Waals surface area contributed by atoms with E-state index in [1.165, 1.54) is 0 Å². The van der Waals surface area contributed by atoms with Gasteiger partial charge in [-0.05, 0) is 24.3 Å². The molecule has 0 bridgehead atoms. The number of anilines is 1. The summed E-state index contributed by atoms with van der Waals surface area (Å²) in [6.07, 6.45) is 4.80. The molecule has 0 saturated heterocycles. The van der Waals surface area contributed by atoms with Gasteiger partial charge in [0.2, 0.25) is 0 Å². The predicted molar refractivity (Wildman–Crippen MR) is 79.6 cm³/mol. The Labute approximate surface area is 115 Å². The minimum atomic E-state index is 0.430. The Hall–Kier alpha value is -1.58. The molecule has 1 N–H and O–H groups in total. The average molecular weight is 260 g/mol. The van der Waals surface area contributed by atoms with Crippen LogP contribution in [-0.4, -0.2) is 20.6 Å². The van der Waals surface area contributed by atoms with Crippen LogP contribution in [-0.2, 0) is 0 Å². The third kappa shape index (κ3) is 2.88. The Morgan fingerprint density at radius 1 is 1.26 bits per heavy atom. The van der Waals surface area contributed by atoms with Gasteiger partial charge < -0.3 is 5.32 Å². The normalized spacial score (nSPS) is 13.4. The van der Waals surface area contributed by atoms with E-state index in [0.29, 0.717) is 17.9 Å². The lowest BCUT2D eigenvalue weighted by atomic mass is 10.0. The molecule has 2 rings (SSSR count). The summed E-state index contributed by atoms with van der Waals surface area (Å²) in [4.78, 5) is 4.48. The first kappa shape index (κ1) is 13.8. The fourth-order valence-electron chi connectivity index (χ4n) is 2.25. The molecule has 104 valence electrons. The first-order chi connectivity index (χ1) is 9.02. The van der Waals surface area contributed by atoms with Gasteiger partial charge in [0, 0.05) is 18.4 Å². The minimum Gasteiger partial charge on any atom is -0.365 e. The summed E-state index contributed by atoms with van der Waals surface area (Å²) in [6.45, 7) is 11.0. The van der Waals surface area contributed by atoms with Gasteiger partial charge in [0.05, 0.1) is 5.69 Å². The van der Waals surface area contributed by atoms with E-state index in [9.17, 15) is 0 Å². The fourth-order valence-corrected chi connectivity index (χ4v) is 2.25. The molecule has 2 aromatic rings. The van der Waals surface area contributed by atoms with Crippen LogP contribution in [0.15, 0.2) is 18.5 Å². The SMILES string of the molecule is CCC(Nc1nccn2nc(C(C)C)cc12)C(C)C. The second-order valence-electron chi connectivity index (χ2n) is 5.73. The van der Waals surface area contributed by atoms with Crippen LogP contribution < -0.4 is 5.32 Å². The smallest absolute Gasteiger partial charge is 0.152 e. The molecule has 0 fully saturated rings. The highest BCUT2D eigenvalue weighted by Crippen LogP contribution is 2.22. The van der Waals surface area contributed by atoms with Gasteiger partial charge in [-0.2, -0.15) is 5.10 Å². The molecule has 0 amide bonds. The molecule has 4 heteroatoms. The van der Waals surface area contributed by atoms with Crippen molar-refractivity contribution in [3.63, 3.8) is 0 Å². The van der Waals surface area contributed by atoms with Crippen molar-refractivity contribution >= 4 is 11.3 Å². The third-order valence-electron chi connectivity index (χ3n) is 3.57. The summed E-state index contributed by atoms with van der Waals surface area (Å²) in [5, 5.41) is 8.14. The molecule has 4 nitrogen and oxygen atoms in total. The van der Waals surface area contributed by atoms with Crippen LogP contribution in [0.3, 0.4) is 0 Å². The van der Waals surface area contributed by atoms with Gasteiger partial charge in [-0.15, -0.1) is 0 Å². The Morgan fingerprint density at radius 3 is 2.58 bits per heavy atom. The van der Waals surface area contributed by atoms with Crippen LogP contribution in [0.5, 0.6) is 0 Å². The standard InChI is InChI=1S/C15H24N4/c1-6-12(10(2)3)17-15-14-9-13(11(4)5)18-19(14)8-7-16-15/h7-12H,6H2,1-5H3,(H,16,17). The lowest BCUT2D eigenvalue weighted by Crippen LogP contribution is -2.25. The van der Waals surface area contributed by atoms with Crippen molar-refractivity contribution in [1.82, 2.24) is 14.6 Å². The van der Waals surface area contributed by atoms with E-state index in [-0.39, 0.29) is 0 Å². The van der Waals surface area contributed by atoms with Gasteiger partial charge in [0.15, 0.2) is 5.82 Å². The van der Waals surface area contributed by atoms with E-state index in [2.05, 4.69) is 56.1 Å². The maximum absolute atomic E-state index is 4.59. The number of nitrogens with zero attached hydrogens (tertiary/aromatic N) is 3. The fraction of sp³-hybridized carbons (Fsp3) is 0.600. The van der Waals surface area contributed by atoms with Crippen molar-refractivity contribution in [1.29, 1.82) is 0 Å². The molecule has 0 aliphatic rings. The van der Waals surface area contributed by atoms with E-state index < -0.39 is 0 Å². The lowest BCUT2D eigenvalue weighted by molar-refractivity contribution is 0.510. The van der Waals surface area contributed by atoms with Gasteiger partial charge in [-0.3, -0.25) is 0 Å². The van der Waals surface area contributed by atoms with Crippen molar-refractivity contribution in [2.24, 2.45) is 5.92 Å². The Morgan fingerprint density at radius 2 is 2.00 bits per heavy atom. The van der Waals surface area contributed by atoms with Crippen LogP contribution in [0.4, 0.5) is 5.82 Å². The Kier molecular flexibility index (Phi) is 4.08. The number of hydrogen-bond donors (Lipinski definition) is 1. The van der Waals surface area contributed by atoms with Crippen molar-refractivity contribution < 1.29 is 0 Å². The van der Waals surface area contributed by atoms with Crippen LogP contribution in [0.1, 0.15) is 52.7 Å². The molecule has 0 aromatic carbocycles. The summed E-state index contributed by atoms with van der Waals surface area (Å²) in [7, 11) is 0. The van der Waals surface area contributed by atoms with Crippen molar-refractivity contribution in [3.05, 3.63) is 24.2 Å².